The van der Waals surface area contributed by atoms with Crippen LogP contribution in [0, 0.1) is 0 Å². The Balaban J connectivity index is 2.45. The number of anilines is 1. The van der Waals surface area contributed by atoms with Gasteiger partial charge in [0.25, 0.3) is 10.0 Å². The van der Waals surface area contributed by atoms with Gasteiger partial charge in [0.2, 0.25) is 5.91 Å². The number of hydrogen-bond donors (Lipinski definition) is 1. The van der Waals surface area contributed by atoms with Gasteiger partial charge in [-0.25, -0.2) is 16.8 Å². The van der Waals surface area contributed by atoms with Gasteiger partial charge in [-0.15, -0.1) is 0 Å². The van der Waals surface area contributed by atoms with Crippen molar-refractivity contribution in [2.24, 2.45) is 0 Å². The maximum absolute atomic E-state index is 12.9. The molecule has 0 aliphatic rings. The minimum atomic E-state index is -4.15. The highest BCUT2D eigenvalue weighted by Crippen LogP contribution is 2.25. The van der Waals surface area contributed by atoms with Gasteiger partial charge in [-0.1, -0.05) is 30.3 Å². The SMILES string of the molecule is CCN(Cc1ccccc1NS(=O)(=O)c1ccccc1S(C)(=O)=O)C(C)=O. The van der Waals surface area contributed by atoms with Crippen molar-refractivity contribution in [3.05, 3.63) is 54.1 Å². The summed E-state index contributed by atoms with van der Waals surface area (Å²) in [5.41, 5.74) is 0.899. The molecule has 0 bridgehead atoms. The van der Waals surface area contributed by atoms with Gasteiger partial charge < -0.3 is 4.90 Å². The summed E-state index contributed by atoms with van der Waals surface area (Å²) in [6.07, 6.45) is 0.960. The second-order valence-electron chi connectivity index (χ2n) is 6.01. The van der Waals surface area contributed by atoms with E-state index in [0.29, 0.717) is 17.8 Å². The van der Waals surface area contributed by atoms with Crippen LogP contribution in [0.4, 0.5) is 5.69 Å². The lowest BCUT2D eigenvalue weighted by atomic mass is 10.1. The number of carbonyl (C=O) groups excluding carboxylic acids is 1. The number of nitrogens with one attached hydrogen (secondary N) is 1. The van der Waals surface area contributed by atoms with E-state index in [0.717, 1.165) is 6.26 Å². The Labute approximate surface area is 160 Å². The highest BCUT2D eigenvalue weighted by Gasteiger charge is 2.24. The third-order valence-electron chi connectivity index (χ3n) is 3.99. The first-order valence-corrected chi connectivity index (χ1v) is 11.6. The predicted octanol–water partition coefficient (Wildman–Crippen LogP) is 2.26. The molecular weight excluding hydrogens is 388 g/mol. The van der Waals surface area contributed by atoms with E-state index < -0.39 is 19.9 Å². The lowest BCUT2D eigenvalue weighted by molar-refractivity contribution is -0.129. The molecule has 2 rings (SSSR count). The molecule has 0 radical (unpaired) electrons. The van der Waals surface area contributed by atoms with Crippen LogP contribution in [0.15, 0.2) is 58.3 Å². The molecule has 0 saturated heterocycles. The monoisotopic (exact) mass is 410 g/mol. The topological polar surface area (TPSA) is 101 Å². The third kappa shape index (κ3) is 5.08. The van der Waals surface area contributed by atoms with Crippen LogP contribution in [-0.4, -0.2) is 40.4 Å². The number of hydrogen-bond acceptors (Lipinski definition) is 5. The molecule has 0 heterocycles. The van der Waals surface area contributed by atoms with E-state index in [9.17, 15) is 21.6 Å². The Kier molecular flexibility index (Phi) is 6.27. The van der Waals surface area contributed by atoms with E-state index in [-0.39, 0.29) is 22.2 Å². The van der Waals surface area contributed by atoms with Crippen LogP contribution in [0.5, 0.6) is 0 Å². The summed E-state index contributed by atoms with van der Waals surface area (Å²) in [5, 5.41) is 0. The molecule has 0 aliphatic carbocycles. The van der Waals surface area contributed by atoms with Crippen LogP contribution >= 0.6 is 0 Å². The molecule has 2 aromatic carbocycles. The number of nitrogens with zero attached hydrogens (tertiary/aromatic N) is 1. The number of benzene rings is 2. The lowest BCUT2D eigenvalue weighted by Crippen LogP contribution is -2.28. The largest absolute Gasteiger partial charge is 0.339 e. The molecule has 27 heavy (non-hydrogen) atoms. The molecule has 0 atom stereocenters. The van der Waals surface area contributed by atoms with E-state index in [1.807, 2.05) is 6.92 Å². The minimum Gasteiger partial charge on any atom is -0.339 e. The number of carbonyl (C=O) groups is 1. The first-order valence-electron chi connectivity index (χ1n) is 8.21. The first-order chi connectivity index (χ1) is 12.6. The normalized spacial score (nSPS) is 11.8. The standard InChI is InChI=1S/C18H22N2O5S2/c1-4-20(14(2)21)13-15-9-5-6-10-16(15)19-27(24,25)18-12-8-7-11-17(18)26(3,22)23/h5-12,19H,4,13H2,1-3H3. The number of sulfonamides is 1. The van der Waals surface area contributed by atoms with Crippen molar-refractivity contribution in [1.29, 1.82) is 0 Å². The minimum absolute atomic E-state index is 0.127. The summed E-state index contributed by atoms with van der Waals surface area (Å²) in [5.74, 6) is -0.127. The molecule has 1 N–H and O–H groups in total. The zero-order valence-corrected chi connectivity index (χ0v) is 17.0. The smallest absolute Gasteiger partial charge is 0.263 e. The predicted molar refractivity (Wildman–Crippen MR) is 104 cm³/mol. The van der Waals surface area contributed by atoms with Gasteiger partial charge in [-0.2, -0.15) is 0 Å². The second kappa shape index (κ2) is 8.10. The van der Waals surface area contributed by atoms with E-state index in [1.54, 1.807) is 29.2 Å². The van der Waals surface area contributed by atoms with Gasteiger partial charge in [0.1, 0.15) is 4.90 Å². The highest BCUT2D eigenvalue weighted by molar-refractivity contribution is 7.95. The van der Waals surface area contributed by atoms with Gasteiger partial charge in [0.15, 0.2) is 9.84 Å². The summed E-state index contributed by atoms with van der Waals surface area (Å²) in [6, 6.07) is 12.1. The Morgan fingerprint density at radius 3 is 2.07 bits per heavy atom. The van der Waals surface area contributed by atoms with Crippen molar-refractivity contribution < 1.29 is 21.6 Å². The van der Waals surface area contributed by atoms with Crippen LogP contribution < -0.4 is 4.72 Å². The van der Waals surface area contributed by atoms with Crippen molar-refractivity contribution in [3.8, 4) is 0 Å². The van der Waals surface area contributed by atoms with Crippen molar-refractivity contribution >= 4 is 31.5 Å². The highest BCUT2D eigenvalue weighted by atomic mass is 32.2. The number of amides is 1. The maximum atomic E-state index is 12.9. The van der Waals surface area contributed by atoms with Crippen LogP contribution in [0.1, 0.15) is 19.4 Å². The van der Waals surface area contributed by atoms with Crippen LogP contribution in [-0.2, 0) is 31.2 Å². The Bertz CT molecular complexity index is 1050. The van der Waals surface area contributed by atoms with Crippen molar-refractivity contribution in [3.63, 3.8) is 0 Å². The zero-order valence-electron chi connectivity index (χ0n) is 15.3. The fourth-order valence-corrected chi connectivity index (χ4v) is 5.32. The molecule has 0 aliphatic heterocycles. The fourth-order valence-electron chi connectivity index (χ4n) is 2.59. The Morgan fingerprint density at radius 1 is 0.963 bits per heavy atom. The Morgan fingerprint density at radius 2 is 1.52 bits per heavy atom. The fraction of sp³-hybridized carbons (Fsp3) is 0.278. The summed E-state index contributed by atoms with van der Waals surface area (Å²) in [7, 11) is -7.87. The van der Waals surface area contributed by atoms with E-state index >= 15 is 0 Å². The van der Waals surface area contributed by atoms with E-state index in [4.69, 9.17) is 0 Å². The average Bonchev–Trinajstić information content (AvgIpc) is 2.59. The summed E-state index contributed by atoms with van der Waals surface area (Å²) >= 11 is 0. The maximum Gasteiger partial charge on any atom is 0.263 e. The van der Waals surface area contributed by atoms with Crippen LogP contribution in [0.3, 0.4) is 0 Å². The zero-order chi connectivity index (χ0) is 20.2. The molecule has 0 saturated carbocycles. The van der Waals surface area contributed by atoms with Crippen LogP contribution in [0.2, 0.25) is 0 Å². The molecule has 1 amide bonds. The quantitative estimate of drug-likeness (QED) is 0.755. The molecule has 0 unspecified atom stereocenters. The number of sulfone groups is 1. The number of para-hydroxylation sites is 1. The molecule has 9 heteroatoms. The van der Waals surface area contributed by atoms with E-state index in [2.05, 4.69) is 4.72 Å². The molecular formula is C18H22N2O5S2. The van der Waals surface area contributed by atoms with Crippen molar-refractivity contribution in [2.75, 3.05) is 17.5 Å². The molecule has 0 fully saturated rings. The van der Waals surface area contributed by atoms with Gasteiger partial charge >= 0.3 is 0 Å². The van der Waals surface area contributed by atoms with Crippen LogP contribution in [0.25, 0.3) is 0 Å². The van der Waals surface area contributed by atoms with E-state index in [1.165, 1.54) is 31.2 Å². The molecule has 2 aromatic rings. The Hall–Kier alpha value is -2.39. The van der Waals surface area contributed by atoms with Crippen molar-refractivity contribution in [2.45, 2.75) is 30.2 Å². The van der Waals surface area contributed by atoms with Gasteiger partial charge in [-0.3, -0.25) is 9.52 Å². The summed E-state index contributed by atoms with van der Waals surface area (Å²) in [4.78, 5) is 12.7. The van der Waals surface area contributed by atoms with Gasteiger partial charge in [0, 0.05) is 26.3 Å². The third-order valence-corrected chi connectivity index (χ3v) is 6.70. The van der Waals surface area contributed by atoms with Gasteiger partial charge in [-0.05, 0) is 30.7 Å². The second-order valence-corrected chi connectivity index (χ2v) is 9.65. The average molecular weight is 411 g/mol. The molecule has 146 valence electrons. The summed E-state index contributed by atoms with van der Waals surface area (Å²) in [6.45, 7) is 3.99. The first kappa shape index (κ1) is 20.9. The summed E-state index contributed by atoms with van der Waals surface area (Å²) < 4.78 is 52.0. The molecule has 0 aromatic heterocycles. The molecule has 7 nitrogen and oxygen atoms in total. The number of rotatable bonds is 7. The van der Waals surface area contributed by atoms with Gasteiger partial charge in [0.05, 0.1) is 10.6 Å². The van der Waals surface area contributed by atoms with Crippen molar-refractivity contribution in [1.82, 2.24) is 4.90 Å². The molecule has 0 spiro atoms. The lowest BCUT2D eigenvalue weighted by Gasteiger charge is -2.21.